The molecule has 92 valence electrons. The molecule has 1 saturated carbocycles. The van der Waals surface area contributed by atoms with E-state index in [0.717, 1.165) is 11.8 Å². The van der Waals surface area contributed by atoms with Crippen molar-refractivity contribution in [1.82, 2.24) is 0 Å². The van der Waals surface area contributed by atoms with Crippen LogP contribution in [-0.4, -0.2) is 7.85 Å². The normalized spacial score (nSPS) is 32.8. The highest BCUT2D eigenvalue weighted by Crippen LogP contribution is 2.45. The molecule has 2 radical (unpaired) electrons. The molecule has 0 bridgehead atoms. The molecule has 0 aliphatic heterocycles. The lowest BCUT2D eigenvalue weighted by molar-refractivity contribution is 0.261. The Morgan fingerprint density at radius 3 is 1.94 bits per heavy atom. The molecule has 0 amide bonds. The van der Waals surface area contributed by atoms with Crippen LogP contribution in [0.2, 0.25) is 5.31 Å². The van der Waals surface area contributed by atoms with Crippen LogP contribution < -0.4 is 0 Å². The van der Waals surface area contributed by atoms with Crippen LogP contribution in [0.15, 0.2) is 0 Å². The van der Waals surface area contributed by atoms with Gasteiger partial charge >= 0.3 is 0 Å². The van der Waals surface area contributed by atoms with Crippen molar-refractivity contribution in [3.63, 3.8) is 0 Å². The van der Waals surface area contributed by atoms with Crippen molar-refractivity contribution in [3.05, 3.63) is 0 Å². The molecule has 0 N–H and O–H groups in total. The van der Waals surface area contributed by atoms with Crippen LogP contribution >= 0.6 is 0 Å². The first-order valence-corrected chi connectivity index (χ1v) is 7.23. The minimum atomic E-state index is 0.128. The number of hydrogen-bond acceptors (Lipinski definition) is 0. The van der Waals surface area contributed by atoms with E-state index in [1.54, 1.807) is 0 Å². The predicted octanol–water partition coefficient (Wildman–Crippen LogP) is 4.99. The average Bonchev–Trinajstić information content (AvgIpc) is 2.13. The second-order valence-electron chi connectivity index (χ2n) is 6.67. The predicted molar refractivity (Wildman–Crippen MR) is 73.9 cm³/mol. The third kappa shape index (κ3) is 4.15. The molecule has 0 aromatic rings. The van der Waals surface area contributed by atoms with Crippen LogP contribution in [-0.2, 0) is 0 Å². The highest BCUT2D eigenvalue weighted by molar-refractivity contribution is 6.15. The van der Waals surface area contributed by atoms with Gasteiger partial charge in [-0.1, -0.05) is 71.5 Å². The lowest BCUT2D eigenvalue weighted by atomic mass is 9.55. The van der Waals surface area contributed by atoms with Gasteiger partial charge in [-0.25, -0.2) is 0 Å². The number of hydrogen-bond donors (Lipinski definition) is 0. The Hall–Kier alpha value is 0.0649. The Labute approximate surface area is 104 Å². The fourth-order valence-electron chi connectivity index (χ4n) is 3.19. The molecular formula is C15H29B. The minimum Gasteiger partial charge on any atom is -0.0638 e. The van der Waals surface area contributed by atoms with Gasteiger partial charge < -0.3 is 0 Å². The fraction of sp³-hybridized carbons (Fsp3) is 1.00. The summed E-state index contributed by atoms with van der Waals surface area (Å²) in [5.41, 5.74) is 0. The van der Waals surface area contributed by atoms with Crippen LogP contribution in [0.4, 0.5) is 0 Å². The lowest BCUT2D eigenvalue weighted by Gasteiger charge is -2.37. The molecule has 1 aliphatic carbocycles. The van der Waals surface area contributed by atoms with Gasteiger partial charge in [-0.15, -0.1) is 0 Å². The molecule has 1 aliphatic rings. The Bertz CT molecular complexity index is 186. The molecular weight excluding hydrogens is 191 g/mol. The molecule has 16 heavy (non-hydrogen) atoms. The maximum atomic E-state index is 6.52. The molecule has 1 rings (SSSR count). The Morgan fingerprint density at radius 1 is 1.06 bits per heavy atom. The van der Waals surface area contributed by atoms with Gasteiger partial charge in [0.05, 0.1) is 7.85 Å². The third-order valence-electron chi connectivity index (χ3n) is 4.46. The largest absolute Gasteiger partial charge is 0.0749 e. The van der Waals surface area contributed by atoms with Gasteiger partial charge in [0.25, 0.3) is 0 Å². The van der Waals surface area contributed by atoms with E-state index in [9.17, 15) is 0 Å². The zero-order chi connectivity index (χ0) is 12.2. The van der Waals surface area contributed by atoms with Gasteiger partial charge in [-0.05, 0) is 24.2 Å². The summed E-state index contributed by atoms with van der Waals surface area (Å²) in [5, 5.41) is 0.128. The van der Waals surface area contributed by atoms with Gasteiger partial charge in [0, 0.05) is 0 Å². The van der Waals surface area contributed by atoms with E-state index >= 15 is 0 Å². The maximum absolute atomic E-state index is 6.52. The first kappa shape index (κ1) is 14.1. The molecule has 0 unspecified atom stereocenters. The second kappa shape index (κ2) is 6.12. The summed E-state index contributed by atoms with van der Waals surface area (Å²) < 4.78 is 0. The van der Waals surface area contributed by atoms with Crippen molar-refractivity contribution in [3.8, 4) is 0 Å². The number of rotatable bonds is 3. The standard InChI is InChI=1S/C15H29B/c1-12(2)11-14-7-5-9-15(16,13(3)4)10-6-8-14/h12-14H,5-11H2,1-4H3. The van der Waals surface area contributed by atoms with E-state index in [1.807, 2.05) is 0 Å². The molecule has 0 aromatic heterocycles. The van der Waals surface area contributed by atoms with Gasteiger partial charge in [0.2, 0.25) is 0 Å². The second-order valence-corrected chi connectivity index (χ2v) is 6.67. The average molecular weight is 220 g/mol. The van der Waals surface area contributed by atoms with Gasteiger partial charge in [-0.3, -0.25) is 0 Å². The van der Waals surface area contributed by atoms with E-state index in [2.05, 4.69) is 27.7 Å². The molecule has 0 spiro atoms. The van der Waals surface area contributed by atoms with Gasteiger partial charge in [0.15, 0.2) is 0 Å². The lowest BCUT2D eigenvalue weighted by Crippen LogP contribution is -2.23. The first-order chi connectivity index (χ1) is 7.44. The molecule has 1 fully saturated rings. The van der Waals surface area contributed by atoms with E-state index in [4.69, 9.17) is 7.85 Å². The maximum Gasteiger partial charge on any atom is 0.0749 e. The summed E-state index contributed by atoms with van der Waals surface area (Å²) in [6.45, 7) is 9.26. The van der Waals surface area contributed by atoms with Gasteiger partial charge in [0.1, 0.15) is 0 Å². The van der Waals surface area contributed by atoms with E-state index in [0.29, 0.717) is 5.92 Å². The van der Waals surface area contributed by atoms with Crippen LogP contribution in [0.5, 0.6) is 0 Å². The molecule has 0 saturated heterocycles. The summed E-state index contributed by atoms with van der Waals surface area (Å²) in [7, 11) is 6.52. The SMILES string of the molecule is [B]C1(C(C)C)CCCC(CC(C)C)CCC1. The summed E-state index contributed by atoms with van der Waals surface area (Å²) >= 11 is 0. The summed E-state index contributed by atoms with van der Waals surface area (Å²) in [6.07, 6.45) is 9.38. The van der Waals surface area contributed by atoms with Crippen LogP contribution in [0, 0.1) is 17.8 Å². The third-order valence-corrected chi connectivity index (χ3v) is 4.46. The molecule has 0 heterocycles. The van der Waals surface area contributed by atoms with Gasteiger partial charge in [-0.2, -0.15) is 0 Å². The van der Waals surface area contributed by atoms with E-state index in [-0.39, 0.29) is 5.31 Å². The summed E-state index contributed by atoms with van der Waals surface area (Å²) in [5.74, 6) is 2.46. The van der Waals surface area contributed by atoms with Crippen molar-refractivity contribution in [2.75, 3.05) is 0 Å². The highest BCUT2D eigenvalue weighted by atomic mass is 14.3. The molecule has 0 aromatic carbocycles. The van der Waals surface area contributed by atoms with Crippen molar-refractivity contribution in [2.24, 2.45) is 17.8 Å². The van der Waals surface area contributed by atoms with Crippen molar-refractivity contribution >= 4 is 7.85 Å². The zero-order valence-corrected chi connectivity index (χ0v) is 11.8. The zero-order valence-electron chi connectivity index (χ0n) is 11.8. The van der Waals surface area contributed by atoms with Crippen LogP contribution in [0.3, 0.4) is 0 Å². The first-order valence-electron chi connectivity index (χ1n) is 7.23. The van der Waals surface area contributed by atoms with Crippen molar-refractivity contribution in [1.29, 1.82) is 0 Å². The minimum absolute atomic E-state index is 0.128. The molecule has 0 nitrogen and oxygen atoms in total. The molecule has 0 atom stereocenters. The van der Waals surface area contributed by atoms with E-state index in [1.165, 1.54) is 44.9 Å². The van der Waals surface area contributed by atoms with Crippen molar-refractivity contribution < 1.29 is 0 Å². The van der Waals surface area contributed by atoms with E-state index < -0.39 is 0 Å². The van der Waals surface area contributed by atoms with Crippen molar-refractivity contribution in [2.45, 2.75) is 78.0 Å². The summed E-state index contributed by atoms with van der Waals surface area (Å²) in [6, 6.07) is 0. The smallest absolute Gasteiger partial charge is 0.0638 e. The van der Waals surface area contributed by atoms with Crippen LogP contribution in [0.25, 0.3) is 0 Å². The highest BCUT2D eigenvalue weighted by Gasteiger charge is 2.29. The monoisotopic (exact) mass is 220 g/mol. The molecule has 1 heteroatoms. The Kier molecular flexibility index (Phi) is 5.40. The summed E-state index contributed by atoms with van der Waals surface area (Å²) in [4.78, 5) is 0. The topological polar surface area (TPSA) is 0 Å². The Morgan fingerprint density at radius 2 is 1.56 bits per heavy atom. The Balaban J connectivity index is 2.43. The fourth-order valence-corrected chi connectivity index (χ4v) is 3.19. The van der Waals surface area contributed by atoms with Crippen LogP contribution in [0.1, 0.15) is 72.6 Å². The quantitative estimate of drug-likeness (QED) is 0.588.